The number of aromatic nitrogens is 1. The third kappa shape index (κ3) is 1.93. The van der Waals surface area contributed by atoms with E-state index in [0.717, 1.165) is 11.5 Å². The molecule has 2 N–H and O–H groups in total. The van der Waals surface area contributed by atoms with Gasteiger partial charge in [-0.15, -0.1) is 0 Å². The topological polar surface area (TPSA) is 90.1 Å². The molecule has 1 aromatic heterocycles. The molecule has 1 heterocycles. The van der Waals surface area contributed by atoms with Crippen molar-refractivity contribution in [2.24, 2.45) is 0 Å². The van der Waals surface area contributed by atoms with Crippen LogP contribution in [-0.4, -0.2) is 23.2 Å². The van der Waals surface area contributed by atoms with Gasteiger partial charge in [0.15, 0.2) is 0 Å². The van der Waals surface area contributed by atoms with Crippen LogP contribution in [0.5, 0.6) is 0 Å². The summed E-state index contributed by atoms with van der Waals surface area (Å²) in [5, 5.41) is -1.37. The predicted molar refractivity (Wildman–Crippen MR) is 54.9 cm³/mol. The van der Waals surface area contributed by atoms with Gasteiger partial charge in [0.2, 0.25) is 9.84 Å². The molecule has 0 aliphatic rings. The Morgan fingerprint density at radius 3 is 2.50 bits per heavy atom. The van der Waals surface area contributed by atoms with E-state index in [4.69, 9.17) is 5.73 Å². The molecule has 0 saturated carbocycles. The van der Waals surface area contributed by atoms with Gasteiger partial charge in [0.25, 0.3) is 5.12 Å². The number of carbonyl (C=O) groups is 1. The maximum Gasteiger partial charge on any atom is 0.296 e. The van der Waals surface area contributed by atoms with Gasteiger partial charge >= 0.3 is 0 Å². The van der Waals surface area contributed by atoms with Crippen LogP contribution in [0, 0.1) is 0 Å². The van der Waals surface area contributed by atoms with Crippen LogP contribution in [0.4, 0.5) is 5.00 Å². The average Bonchev–Trinajstić information content (AvgIpc) is 2.50. The zero-order valence-corrected chi connectivity index (χ0v) is 9.35. The number of anilines is 1. The SMILES string of the molecule is CC(C)S(=O)(=O)C(=O)c1cc(N)sn1. The summed E-state index contributed by atoms with van der Waals surface area (Å²) in [7, 11) is -3.77. The first-order valence-corrected chi connectivity index (χ1v) is 6.18. The standard InChI is InChI=1S/C7H10N2O3S2/c1-4(2)14(11,12)7(10)5-3-6(8)13-9-5/h3-4H,8H2,1-2H3. The summed E-state index contributed by atoms with van der Waals surface area (Å²) in [6.45, 7) is 2.89. The number of carbonyl (C=O) groups excluding carboxylic acids is 1. The third-order valence-electron chi connectivity index (χ3n) is 1.62. The Hall–Kier alpha value is -0.950. The second kappa shape index (κ2) is 3.66. The van der Waals surface area contributed by atoms with Gasteiger partial charge in [-0.2, -0.15) is 4.37 Å². The maximum atomic E-state index is 11.4. The molecule has 0 radical (unpaired) electrons. The largest absolute Gasteiger partial charge is 0.389 e. The smallest absolute Gasteiger partial charge is 0.296 e. The maximum absolute atomic E-state index is 11.4. The number of hydrogen-bond acceptors (Lipinski definition) is 6. The summed E-state index contributed by atoms with van der Waals surface area (Å²) in [6.07, 6.45) is 0. The minimum absolute atomic E-state index is 0.0961. The van der Waals surface area contributed by atoms with Gasteiger partial charge in [-0.25, -0.2) is 8.42 Å². The van der Waals surface area contributed by atoms with Crippen LogP contribution in [0.1, 0.15) is 24.3 Å². The molecule has 0 atom stereocenters. The molecule has 0 unspecified atom stereocenters. The van der Waals surface area contributed by atoms with Crippen molar-refractivity contribution in [1.29, 1.82) is 0 Å². The van der Waals surface area contributed by atoms with Crippen LogP contribution in [0.3, 0.4) is 0 Å². The normalized spacial score (nSPS) is 11.9. The fourth-order valence-corrected chi connectivity index (χ4v) is 2.13. The Bertz CT molecular complexity index is 447. The summed E-state index contributed by atoms with van der Waals surface area (Å²) in [4.78, 5) is 11.4. The van der Waals surface area contributed by atoms with E-state index in [9.17, 15) is 13.2 Å². The molecule has 1 rings (SSSR count). The van der Waals surface area contributed by atoms with Gasteiger partial charge in [-0.05, 0) is 25.4 Å². The predicted octanol–water partition coefficient (Wildman–Crippen LogP) is 0.689. The average molecular weight is 234 g/mol. The Labute approximate surface area is 86.0 Å². The lowest BCUT2D eigenvalue weighted by Gasteiger charge is -2.03. The monoisotopic (exact) mass is 234 g/mol. The lowest BCUT2D eigenvalue weighted by Crippen LogP contribution is -2.24. The molecular formula is C7H10N2O3S2. The number of nitrogens with zero attached hydrogens (tertiary/aromatic N) is 1. The third-order valence-corrected chi connectivity index (χ3v) is 4.20. The van der Waals surface area contributed by atoms with Gasteiger partial charge in [0, 0.05) is 6.07 Å². The van der Waals surface area contributed by atoms with Crippen molar-refractivity contribution < 1.29 is 13.2 Å². The molecular weight excluding hydrogens is 224 g/mol. The zero-order valence-electron chi connectivity index (χ0n) is 7.72. The van der Waals surface area contributed by atoms with E-state index >= 15 is 0 Å². The summed E-state index contributed by atoms with van der Waals surface area (Å²) in [6, 6.07) is 1.27. The highest BCUT2D eigenvalue weighted by Crippen LogP contribution is 2.16. The van der Waals surface area contributed by atoms with Crippen molar-refractivity contribution in [2.75, 3.05) is 5.73 Å². The Morgan fingerprint density at radius 1 is 1.57 bits per heavy atom. The molecule has 14 heavy (non-hydrogen) atoms. The van der Waals surface area contributed by atoms with Crippen LogP contribution in [0.25, 0.3) is 0 Å². The molecule has 7 heteroatoms. The molecule has 0 amide bonds. The van der Waals surface area contributed by atoms with E-state index in [1.54, 1.807) is 0 Å². The summed E-state index contributed by atoms with van der Waals surface area (Å²) in [5.41, 5.74) is 5.25. The molecule has 0 bridgehead atoms. The molecule has 5 nitrogen and oxygen atoms in total. The lowest BCUT2D eigenvalue weighted by atomic mass is 10.5. The number of hydrogen-bond donors (Lipinski definition) is 1. The molecule has 0 aromatic carbocycles. The molecule has 0 spiro atoms. The minimum Gasteiger partial charge on any atom is -0.389 e. The van der Waals surface area contributed by atoms with Crippen molar-refractivity contribution in [1.82, 2.24) is 4.37 Å². The van der Waals surface area contributed by atoms with Gasteiger partial charge in [0.05, 0.1) is 5.25 Å². The molecule has 0 fully saturated rings. The van der Waals surface area contributed by atoms with Gasteiger partial charge in [0.1, 0.15) is 10.7 Å². The first-order chi connectivity index (χ1) is 6.35. The van der Waals surface area contributed by atoms with Crippen molar-refractivity contribution >= 4 is 31.5 Å². The quantitative estimate of drug-likeness (QED) is 0.813. The highest BCUT2D eigenvalue weighted by Gasteiger charge is 2.29. The van der Waals surface area contributed by atoms with Gasteiger partial charge in [-0.3, -0.25) is 4.79 Å². The van der Waals surface area contributed by atoms with E-state index in [1.165, 1.54) is 19.9 Å². The van der Waals surface area contributed by atoms with Crippen LogP contribution in [-0.2, 0) is 9.84 Å². The first kappa shape index (κ1) is 11.1. The van der Waals surface area contributed by atoms with E-state index in [2.05, 4.69) is 4.37 Å². The number of nitrogens with two attached hydrogens (primary N) is 1. The summed E-state index contributed by atoms with van der Waals surface area (Å²) >= 11 is 0.903. The Kier molecular flexibility index (Phi) is 2.91. The van der Waals surface area contributed by atoms with Crippen molar-refractivity contribution in [3.05, 3.63) is 11.8 Å². The van der Waals surface area contributed by atoms with Gasteiger partial charge in [-0.1, -0.05) is 0 Å². The van der Waals surface area contributed by atoms with Crippen LogP contribution in [0.2, 0.25) is 0 Å². The highest BCUT2D eigenvalue weighted by molar-refractivity contribution is 8.07. The van der Waals surface area contributed by atoms with Gasteiger partial charge < -0.3 is 5.73 Å². The second-order valence-corrected chi connectivity index (χ2v) is 6.24. The van der Waals surface area contributed by atoms with E-state index in [0.29, 0.717) is 5.00 Å². The van der Waals surface area contributed by atoms with Crippen molar-refractivity contribution in [2.45, 2.75) is 19.1 Å². The first-order valence-electron chi connectivity index (χ1n) is 3.86. The number of sulfone groups is 1. The number of rotatable bonds is 2. The van der Waals surface area contributed by atoms with E-state index in [1.807, 2.05) is 0 Å². The molecule has 0 saturated heterocycles. The lowest BCUT2D eigenvalue weighted by molar-refractivity contribution is 0.107. The zero-order chi connectivity index (χ0) is 10.9. The molecule has 0 aliphatic carbocycles. The summed E-state index contributed by atoms with van der Waals surface area (Å²) < 4.78 is 26.5. The molecule has 0 aliphatic heterocycles. The van der Waals surface area contributed by atoms with E-state index < -0.39 is 20.2 Å². The fraction of sp³-hybridized carbons (Fsp3) is 0.429. The minimum atomic E-state index is -3.77. The summed E-state index contributed by atoms with van der Waals surface area (Å²) in [5.74, 6) is 0. The van der Waals surface area contributed by atoms with E-state index in [-0.39, 0.29) is 5.69 Å². The fourth-order valence-electron chi connectivity index (χ4n) is 0.745. The Morgan fingerprint density at radius 2 is 2.14 bits per heavy atom. The highest BCUT2D eigenvalue weighted by atomic mass is 32.2. The molecule has 1 aromatic rings. The van der Waals surface area contributed by atoms with Crippen LogP contribution >= 0.6 is 11.5 Å². The number of nitrogen functional groups attached to an aromatic ring is 1. The second-order valence-electron chi connectivity index (χ2n) is 3.00. The van der Waals surface area contributed by atoms with Crippen molar-refractivity contribution in [3.63, 3.8) is 0 Å². The Balaban J connectivity index is 3.09. The van der Waals surface area contributed by atoms with Crippen LogP contribution < -0.4 is 5.73 Å². The van der Waals surface area contributed by atoms with Crippen molar-refractivity contribution in [3.8, 4) is 0 Å². The van der Waals surface area contributed by atoms with Crippen LogP contribution in [0.15, 0.2) is 6.07 Å². The molecule has 78 valence electrons.